The number of nitrogens with zero attached hydrogens (tertiary/aromatic N) is 1. The molecule has 7 nitrogen and oxygen atoms in total. The molecule has 0 saturated heterocycles. The van der Waals surface area contributed by atoms with E-state index in [0.717, 1.165) is 0 Å². The van der Waals surface area contributed by atoms with Gasteiger partial charge in [-0.05, 0) is 12.1 Å². The number of aliphatic imine (C=N–C) groups is 1. The van der Waals surface area contributed by atoms with Gasteiger partial charge < -0.3 is 21.2 Å². The Morgan fingerprint density at radius 1 is 1.27 bits per heavy atom. The zero-order valence-corrected chi connectivity index (χ0v) is 12.3. The molecule has 0 aliphatic heterocycles. The monoisotopic (exact) mass is 320 g/mol. The summed E-state index contributed by atoms with van der Waals surface area (Å²) in [5, 5.41) is 2.93. The average Bonchev–Trinajstić information content (AvgIpc) is 2.81. The predicted molar refractivity (Wildman–Crippen MR) is 83.6 cm³/mol. The Morgan fingerprint density at radius 2 is 1.95 bits per heavy atom. The highest BCUT2D eigenvalue weighted by Gasteiger charge is 2.21. The zero-order valence-electron chi connectivity index (χ0n) is 11.6. The summed E-state index contributed by atoms with van der Waals surface area (Å²) in [6, 6.07) is 8.40. The Hall–Kier alpha value is -2.80. The molecule has 1 aromatic heterocycles. The molecule has 0 aliphatic rings. The largest absolute Gasteiger partial charge is 0.448 e. The van der Waals surface area contributed by atoms with E-state index in [1.165, 1.54) is 13.0 Å². The molecule has 2 amide bonds. The molecule has 2 rings (SSSR count). The van der Waals surface area contributed by atoms with Crippen LogP contribution in [0.5, 0.6) is 0 Å². The molecule has 1 aromatic carbocycles. The number of benzene rings is 1. The van der Waals surface area contributed by atoms with Crippen molar-refractivity contribution < 1.29 is 14.0 Å². The van der Waals surface area contributed by atoms with E-state index in [0.29, 0.717) is 16.3 Å². The number of halogens is 1. The molecule has 2 aromatic rings. The fourth-order valence-corrected chi connectivity index (χ4v) is 2.02. The second kappa shape index (κ2) is 6.31. The van der Waals surface area contributed by atoms with Gasteiger partial charge in [0.25, 0.3) is 0 Å². The Labute approximate surface area is 130 Å². The van der Waals surface area contributed by atoms with Crippen LogP contribution in [0.2, 0.25) is 5.02 Å². The van der Waals surface area contributed by atoms with Crippen molar-refractivity contribution in [2.45, 2.75) is 6.92 Å². The van der Waals surface area contributed by atoms with Crippen LogP contribution < -0.4 is 16.8 Å². The van der Waals surface area contributed by atoms with Crippen LogP contribution in [0.1, 0.15) is 17.5 Å². The van der Waals surface area contributed by atoms with E-state index >= 15 is 0 Å². The third kappa shape index (κ3) is 3.44. The van der Waals surface area contributed by atoms with Crippen molar-refractivity contribution in [1.29, 1.82) is 0 Å². The van der Waals surface area contributed by atoms with Gasteiger partial charge in [-0.1, -0.05) is 23.7 Å². The minimum atomic E-state index is -0.804. The van der Waals surface area contributed by atoms with Gasteiger partial charge in [0.1, 0.15) is 5.76 Å². The van der Waals surface area contributed by atoms with Gasteiger partial charge in [-0.15, -0.1) is 0 Å². The number of carbonyl (C=O) groups excluding carboxylic acids is 2. The van der Waals surface area contributed by atoms with Crippen LogP contribution in [0.3, 0.4) is 0 Å². The summed E-state index contributed by atoms with van der Waals surface area (Å²) in [4.78, 5) is 26.6. The molecular weight excluding hydrogens is 308 g/mol. The molecule has 0 bridgehead atoms. The minimum absolute atomic E-state index is 0.164. The first-order chi connectivity index (χ1) is 10.4. The van der Waals surface area contributed by atoms with E-state index in [1.807, 2.05) is 0 Å². The van der Waals surface area contributed by atoms with Crippen molar-refractivity contribution in [2.24, 2.45) is 16.5 Å². The van der Waals surface area contributed by atoms with E-state index in [-0.39, 0.29) is 17.4 Å². The number of nitrogens with one attached hydrogen (secondary N) is 1. The Balaban J connectivity index is 2.53. The van der Waals surface area contributed by atoms with Gasteiger partial charge in [0.05, 0.1) is 10.7 Å². The van der Waals surface area contributed by atoms with Crippen LogP contribution in [0.15, 0.2) is 39.7 Å². The molecule has 0 aliphatic carbocycles. The normalized spacial score (nSPS) is 10.1. The number of anilines is 1. The summed E-state index contributed by atoms with van der Waals surface area (Å²) in [5.74, 6) is -1.45. The van der Waals surface area contributed by atoms with Crippen molar-refractivity contribution >= 4 is 35.1 Å². The summed E-state index contributed by atoms with van der Waals surface area (Å²) in [5.41, 5.74) is 11.1. The number of furan rings is 1. The maximum Gasteiger partial charge on any atom is 0.318 e. The summed E-state index contributed by atoms with van der Waals surface area (Å²) >= 11 is 6.09. The molecular formula is C14H13ClN4O3. The molecule has 0 atom stereocenters. The fourth-order valence-electron chi connectivity index (χ4n) is 1.79. The van der Waals surface area contributed by atoms with Crippen molar-refractivity contribution in [3.63, 3.8) is 0 Å². The summed E-state index contributed by atoms with van der Waals surface area (Å²) < 4.78 is 5.48. The van der Waals surface area contributed by atoms with Gasteiger partial charge in [-0.3, -0.25) is 9.59 Å². The topological polar surface area (TPSA) is 124 Å². The first kappa shape index (κ1) is 15.6. The molecule has 1 heterocycles. The highest BCUT2D eigenvalue weighted by Crippen LogP contribution is 2.33. The van der Waals surface area contributed by atoms with E-state index in [9.17, 15) is 9.59 Å². The first-order valence-electron chi connectivity index (χ1n) is 6.18. The maximum absolute atomic E-state index is 12.0. The molecule has 0 spiro atoms. The molecule has 0 unspecified atom stereocenters. The highest BCUT2D eigenvalue weighted by atomic mass is 35.5. The second-order valence-corrected chi connectivity index (χ2v) is 4.76. The molecule has 22 heavy (non-hydrogen) atoms. The second-order valence-electron chi connectivity index (χ2n) is 4.36. The third-order valence-corrected chi connectivity index (χ3v) is 2.94. The Kier molecular flexibility index (Phi) is 4.47. The standard InChI is InChI=1S/C14H13ClN4O3/c1-7(20)18-10-6-11(8-4-2-3-5-9(8)15)22-12(10)13(21)19-14(16)17/h2-6H,1H3,(H,18,20)(H4,16,17,19,21). The number of amides is 2. The zero-order chi connectivity index (χ0) is 16.3. The van der Waals surface area contributed by atoms with Crippen LogP contribution in [-0.2, 0) is 4.79 Å². The number of carbonyl (C=O) groups is 2. The molecule has 114 valence electrons. The Morgan fingerprint density at radius 3 is 2.55 bits per heavy atom. The highest BCUT2D eigenvalue weighted by molar-refractivity contribution is 6.33. The van der Waals surface area contributed by atoms with Crippen LogP contribution in [-0.4, -0.2) is 17.8 Å². The quantitative estimate of drug-likeness (QED) is 0.589. The van der Waals surface area contributed by atoms with Gasteiger partial charge in [0, 0.05) is 18.6 Å². The summed E-state index contributed by atoms with van der Waals surface area (Å²) in [6.07, 6.45) is 0. The minimum Gasteiger partial charge on any atom is -0.448 e. The lowest BCUT2D eigenvalue weighted by molar-refractivity contribution is -0.114. The van der Waals surface area contributed by atoms with Gasteiger partial charge >= 0.3 is 5.91 Å². The number of hydrogen-bond acceptors (Lipinski definition) is 3. The summed E-state index contributed by atoms with van der Waals surface area (Å²) in [6.45, 7) is 1.30. The third-order valence-electron chi connectivity index (χ3n) is 2.61. The van der Waals surface area contributed by atoms with Crippen molar-refractivity contribution in [1.82, 2.24) is 0 Å². The van der Waals surface area contributed by atoms with Crippen LogP contribution in [0, 0.1) is 0 Å². The SMILES string of the molecule is CC(=O)Nc1cc(-c2ccccc2Cl)oc1C(=O)N=C(N)N. The molecule has 0 saturated carbocycles. The first-order valence-corrected chi connectivity index (χ1v) is 6.56. The number of nitrogens with two attached hydrogens (primary N) is 2. The van der Waals surface area contributed by atoms with Crippen molar-refractivity contribution in [2.75, 3.05) is 5.32 Å². The molecule has 0 radical (unpaired) electrons. The van der Waals surface area contributed by atoms with Crippen molar-refractivity contribution in [3.8, 4) is 11.3 Å². The van der Waals surface area contributed by atoms with E-state index in [2.05, 4.69) is 10.3 Å². The van der Waals surface area contributed by atoms with E-state index in [4.69, 9.17) is 27.5 Å². The predicted octanol–water partition coefficient (Wildman–Crippen LogP) is 1.97. The van der Waals surface area contributed by atoms with Crippen LogP contribution in [0.4, 0.5) is 5.69 Å². The van der Waals surface area contributed by atoms with Crippen molar-refractivity contribution in [3.05, 3.63) is 41.1 Å². The Bertz CT molecular complexity index is 763. The molecule has 0 fully saturated rings. The smallest absolute Gasteiger partial charge is 0.318 e. The van der Waals surface area contributed by atoms with Gasteiger partial charge in [0.15, 0.2) is 5.96 Å². The lowest BCUT2D eigenvalue weighted by Crippen LogP contribution is -2.24. The molecule has 5 N–H and O–H groups in total. The van der Waals surface area contributed by atoms with Gasteiger partial charge in [-0.2, -0.15) is 4.99 Å². The number of rotatable bonds is 3. The van der Waals surface area contributed by atoms with Crippen LogP contribution >= 0.6 is 11.6 Å². The van der Waals surface area contributed by atoms with Gasteiger partial charge in [-0.25, -0.2) is 0 Å². The summed E-state index contributed by atoms with van der Waals surface area (Å²) in [7, 11) is 0. The van der Waals surface area contributed by atoms with E-state index < -0.39 is 11.9 Å². The lowest BCUT2D eigenvalue weighted by atomic mass is 10.2. The van der Waals surface area contributed by atoms with E-state index in [1.54, 1.807) is 24.3 Å². The average molecular weight is 321 g/mol. The molecule has 8 heteroatoms. The number of guanidine groups is 1. The maximum atomic E-state index is 12.0. The van der Waals surface area contributed by atoms with Crippen LogP contribution in [0.25, 0.3) is 11.3 Å². The lowest BCUT2D eigenvalue weighted by Gasteiger charge is -1.99. The number of hydrogen-bond donors (Lipinski definition) is 3. The van der Waals surface area contributed by atoms with Gasteiger partial charge in [0.2, 0.25) is 11.7 Å². The fraction of sp³-hybridized carbons (Fsp3) is 0.0714.